The zero-order valence-electron chi connectivity index (χ0n) is 12.7. The van der Waals surface area contributed by atoms with Gasteiger partial charge in [-0.25, -0.2) is 14.4 Å². The van der Waals surface area contributed by atoms with E-state index in [-0.39, 0.29) is 11.8 Å². The second kappa shape index (κ2) is 6.44. The molecule has 0 saturated heterocycles. The first kappa shape index (κ1) is 15.0. The van der Waals surface area contributed by atoms with E-state index in [0.29, 0.717) is 23.6 Å². The molecule has 0 aliphatic carbocycles. The Bertz CT molecular complexity index is 819. The molecule has 0 aliphatic rings. The number of hydrogen-bond acceptors (Lipinski definition) is 4. The van der Waals surface area contributed by atoms with Gasteiger partial charge in [-0.15, -0.1) is 0 Å². The zero-order chi connectivity index (χ0) is 16.2. The summed E-state index contributed by atoms with van der Waals surface area (Å²) in [5.74, 6) is 0.626. The van der Waals surface area contributed by atoms with Crippen LogP contribution < -0.4 is 10.5 Å². The molecule has 0 atom stereocenters. The summed E-state index contributed by atoms with van der Waals surface area (Å²) >= 11 is 0. The smallest absolute Gasteiger partial charge is 0.221 e. The number of ether oxygens (including phenoxy) is 1. The molecular formula is C18H16FN3O. The van der Waals surface area contributed by atoms with Crippen LogP contribution in [0.25, 0.3) is 22.5 Å². The first-order chi connectivity index (χ1) is 11.2. The summed E-state index contributed by atoms with van der Waals surface area (Å²) in [4.78, 5) is 8.45. The fourth-order valence-electron chi connectivity index (χ4n) is 2.30. The third kappa shape index (κ3) is 3.45. The number of benzene rings is 2. The lowest BCUT2D eigenvalue weighted by atomic mass is 10.1. The fraction of sp³-hybridized carbons (Fsp3) is 0.111. The van der Waals surface area contributed by atoms with Gasteiger partial charge in [0.15, 0.2) is 0 Å². The summed E-state index contributed by atoms with van der Waals surface area (Å²) in [6.07, 6.45) is 0. The Kier molecular flexibility index (Phi) is 4.19. The maximum Gasteiger partial charge on any atom is 0.221 e. The van der Waals surface area contributed by atoms with Gasteiger partial charge in [0.25, 0.3) is 0 Å². The van der Waals surface area contributed by atoms with E-state index < -0.39 is 0 Å². The molecule has 0 bridgehead atoms. The highest BCUT2D eigenvalue weighted by Gasteiger charge is 2.08. The van der Waals surface area contributed by atoms with E-state index in [1.165, 1.54) is 12.1 Å². The lowest BCUT2D eigenvalue weighted by Crippen LogP contribution is -1.99. The Hall–Kier alpha value is -2.95. The molecular weight excluding hydrogens is 293 g/mol. The summed E-state index contributed by atoms with van der Waals surface area (Å²) in [5.41, 5.74) is 8.62. The van der Waals surface area contributed by atoms with Crippen molar-refractivity contribution in [2.75, 3.05) is 12.3 Å². The largest absolute Gasteiger partial charge is 0.494 e. The molecule has 0 unspecified atom stereocenters. The second-order valence-electron chi connectivity index (χ2n) is 4.96. The van der Waals surface area contributed by atoms with Crippen LogP contribution in [-0.4, -0.2) is 16.6 Å². The van der Waals surface area contributed by atoms with Crippen molar-refractivity contribution in [2.45, 2.75) is 6.92 Å². The monoisotopic (exact) mass is 309 g/mol. The lowest BCUT2D eigenvalue weighted by molar-refractivity contribution is 0.340. The van der Waals surface area contributed by atoms with Crippen molar-refractivity contribution >= 4 is 5.95 Å². The third-order valence-corrected chi connectivity index (χ3v) is 3.32. The quantitative estimate of drug-likeness (QED) is 0.793. The van der Waals surface area contributed by atoms with E-state index in [1.54, 1.807) is 18.2 Å². The van der Waals surface area contributed by atoms with E-state index in [9.17, 15) is 4.39 Å². The Morgan fingerprint density at radius 1 is 0.957 bits per heavy atom. The van der Waals surface area contributed by atoms with Crippen LogP contribution in [0.5, 0.6) is 5.75 Å². The molecule has 0 amide bonds. The van der Waals surface area contributed by atoms with Gasteiger partial charge in [-0.1, -0.05) is 12.1 Å². The molecule has 1 aromatic heterocycles. The predicted molar refractivity (Wildman–Crippen MR) is 88.4 cm³/mol. The molecule has 0 saturated carbocycles. The van der Waals surface area contributed by atoms with Gasteiger partial charge in [0.1, 0.15) is 11.6 Å². The third-order valence-electron chi connectivity index (χ3n) is 3.32. The highest BCUT2D eigenvalue weighted by Crippen LogP contribution is 2.26. The van der Waals surface area contributed by atoms with E-state index in [4.69, 9.17) is 10.5 Å². The summed E-state index contributed by atoms with van der Waals surface area (Å²) in [7, 11) is 0. The van der Waals surface area contributed by atoms with Crippen LogP contribution in [0.1, 0.15) is 6.92 Å². The molecule has 0 radical (unpaired) electrons. The summed E-state index contributed by atoms with van der Waals surface area (Å²) in [6.45, 7) is 2.55. The van der Waals surface area contributed by atoms with Crippen LogP contribution in [-0.2, 0) is 0 Å². The summed E-state index contributed by atoms with van der Waals surface area (Å²) < 4.78 is 18.8. The topological polar surface area (TPSA) is 61.0 Å². The number of nitrogens with zero attached hydrogens (tertiary/aromatic N) is 2. The van der Waals surface area contributed by atoms with Gasteiger partial charge in [0, 0.05) is 11.1 Å². The molecule has 1 heterocycles. The molecule has 2 N–H and O–H groups in total. The molecule has 23 heavy (non-hydrogen) atoms. The number of halogens is 1. The molecule has 0 spiro atoms. The predicted octanol–water partition coefficient (Wildman–Crippen LogP) is 3.93. The highest BCUT2D eigenvalue weighted by atomic mass is 19.1. The van der Waals surface area contributed by atoms with Crippen molar-refractivity contribution < 1.29 is 9.13 Å². The number of anilines is 1. The van der Waals surface area contributed by atoms with Crippen LogP contribution in [0.3, 0.4) is 0 Å². The minimum absolute atomic E-state index is 0.149. The Morgan fingerprint density at radius 3 is 2.30 bits per heavy atom. The van der Waals surface area contributed by atoms with E-state index in [2.05, 4.69) is 9.97 Å². The van der Waals surface area contributed by atoms with Gasteiger partial charge >= 0.3 is 0 Å². The number of rotatable bonds is 4. The molecule has 4 nitrogen and oxygen atoms in total. The Balaban J connectivity index is 2.00. The maximum absolute atomic E-state index is 13.4. The van der Waals surface area contributed by atoms with Crippen molar-refractivity contribution in [3.8, 4) is 28.3 Å². The average molecular weight is 309 g/mol. The first-order valence-corrected chi connectivity index (χ1v) is 7.29. The van der Waals surface area contributed by atoms with E-state index in [1.807, 2.05) is 31.2 Å². The molecule has 0 fully saturated rings. The first-order valence-electron chi connectivity index (χ1n) is 7.29. The maximum atomic E-state index is 13.4. The normalized spacial score (nSPS) is 10.5. The Labute approximate surface area is 133 Å². The van der Waals surface area contributed by atoms with Crippen LogP contribution in [0.15, 0.2) is 54.6 Å². The summed E-state index contributed by atoms with van der Waals surface area (Å²) in [6, 6.07) is 15.6. The van der Waals surface area contributed by atoms with Crippen LogP contribution in [0.2, 0.25) is 0 Å². The lowest BCUT2D eigenvalue weighted by Gasteiger charge is -2.08. The zero-order valence-corrected chi connectivity index (χ0v) is 12.7. The number of hydrogen-bond donors (Lipinski definition) is 1. The Morgan fingerprint density at radius 2 is 1.65 bits per heavy atom. The van der Waals surface area contributed by atoms with Crippen molar-refractivity contribution in [1.82, 2.24) is 9.97 Å². The van der Waals surface area contributed by atoms with Gasteiger partial charge in [0.05, 0.1) is 18.0 Å². The van der Waals surface area contributed by atoms with Crippen LogP contribution >= 0.6 is 0 Å². The SMILES string of the molecule is CCOc1ccc(-c2cc(-c3cccc(F)c3)nc(N)n2)cc1. The fourth-order valence-corrected chi connectivity index (χ4v) is 2.30. The van der Waals surface area contributed by atoms with Gasteiger partial charge < -0.3 is 10.5 Å². The number of nitrogens with two attached hydrogens (primary N) is 1. The van der Waals surface area contributed by atoms with Gasteiger partial charge in [-0.05, 0) is 49.4 Å². The average Bonchev–Trinajstić information content (AvgIpc) is 2.55. The number of aromatic nitrogens is 2. The van der Waals surface area contributed by atoms with Gasteiger partial charge in [-0.2, -0.15) is 0 Å². The van der Waals surface area contributed by atoms with Crippen molar-refractivity contribution in [3.05, 3.63) is 60.4 Å². The second-order valence-corrected chi connectivity index (χ2v) is 4.96. The number of nitrogen functional groups attached to an aromatic ring is 1. The van der Waals surface area contributed by atoms with Gasteiger partial charge in [-0.3, -0.25) is 0 Å². The van der Waals surface area contributed by atoms with Gasteiger partial charge in [0.2, 0.25) is 5.95 Å². The van der Waals surface area contributed by atoms with Crippen LogP contribution in [0.4, 0.5) is 10.3 Å². The summed E-state index contributed by atoms with van der Waals surface area (Å²) in [5, 5.41) is 0. The molecule has 3 rings (SSSR count). The van der Waals surface area contributed by atoms with E-state index >= 15 is 0 Å². The molecule has 3 aromatic rings. The van der Waals surface area contributed by atoms with Crippen molar-refractivity contribution in [3.63, 3.8) is 0 Å². The standard InChI is InChI=1S/C18H16FN3O/c1-2-23-15-8-6-12(7-9-15)16-11-17(22-18(20)21-16)13-4-3-5-14(19)10-13/h3-11H,2H2,1H3,(H2,20,21,22). The minimum Gasteiger partial charge on any atom is -0.494 e. The van der Waals surface area contributed by atoms with Crippen molar-refractivity contribution in [2.24, 2.45) is 0 Å². The van der Waals surface area contributed by atoms with E-state index in [0.717, 1.165) is 11.3 Å². The molecule has 2 aromatic carbocycles. The highest BCUT2D eigenvalue weighted by molar-refractivity contribution is 5.69. The van der Waals surface area contributed by atoms with Crippen molar-refractivity contribution in [1.29, 1.82) is 0 Å². The molecule has 116 valence electrons. The molecule has 0 aliphatic heterocycles. The van der Waals surface area contributed by atoms with Crippen LogP contribution in [0, 0.1) is 5.82 Å². The molecule has 5 heteroatoms. The minimum atomic E-state index is -0.317.